The highest BCUT2D eigenvalue weighted by atomic mass is 79.9. The van der Waals surface area contributed by atoms with Crippen molar-refractivity contribution in [2.75, 3.05) is 16.8 Å². The van der Waals surface area contributed by atoms with E-state index in [1.165, 1.54) is 0 Å². The van der Waals surface area contributed by atoms with E-state index in [0.29, 0.717) is 12.3 Å². The largest absolute Gasteiger partial charge is 0.311 e. The maximum atomic E-state index is 11.9. The molecule has 1 amide bonds. The third kappa shape index (κ3) is 2.18. The number of hydrogen-bond acceptors (Lipinski definition) is 1. The summed E-state index contributed by atoms with van der Waals surface area (Å²) in [7, 11) is 0. The normalized spacial score (nSPS) is 20.6. The molecule has 1 aliphatic rings. The van der Waals surface area contributed by atoms with Gasteiger partial charge in [-0.15, -0.1) is 0 Å². The summed E-state index contributed by atoms with van der Waals surface area (Å²) >= 11 is 7.00. The SMILES string of the molecule is Cc1cccc(N2CC(CBr)CC2=O)c1Br. The number of alkyl halides is 1. The lowest BCUT2D eigenvalue weighted by Crippen LogP contribution is -2.25. The lowest BCUT2D eigenvalue weighted by Gasteiger charge is -2.19. The van der Waals surface area contributed by atoms with Crippen LogP contribution in [0.25, 0.3) is 0 Å². The predicted octanol–water partition coefficient (Wildman–Crippen LogP) is 3.51. The minimum absolute atomic E-state index is 0.218. The number of halogens is 2. The second-order valence-electron chi connectivity index (χ2n) is 4.14. The zero-order valence-corrected chi connectivity index (χ0v) is 12.2. The van der Waals surface area contributed by atoms with E-state index in [-0.39, 0.29) is 5.91 Å². The highest BCUT2D eigenvalue weighted by Crippen LogP contribution is 2.33. The molecular weight excluding hydrogens is 334 g/mol. The number of amides is 1. The highest BCUT2D eigenvalue weighted by Gasteiger charge is 2.30. The van der Waals surface area contributed by atoms with Crippen molar-refractivity contribution in [2.45, 2.75) is 13.3 Å². The fourth-order valence-electron chi connectivity index (χ4n) is 1.96. The molecule has 0 aliphatic carbocycles. The zero-order valence-electron chi connectivity index (χ0n) is 9.04. The zero-order chi connectivity index (χ0) is 11.7. The van der Waals surface area contributed by atoms with Crippen LogP contribution in [0.2, 0.25) is 0 Å². The van der Waals surface area contributed by atoms with Crippen LogP contribution in [0.3, 0.4) is 0 Å². The van der Waals surface area contributed by atoms with E-state index < -0.39 is 0 Å². The van der Waals surface area contributed by atoms with Gasteiger partial charge in [-0.05, 0) is 40.4 Å². The molecule has 1 atom stereocenters. The first-order valence-electron chi connectivity index (χ1n) is 5.25. The fraction of sp³-hybridized carbons (Fsp3) is 0.417. The van der Waals surface area contributed by atoms with Gasteiger partial charge in [0.15, 0.2) is 0 Å². The van der Waals surface area contributed by atoms with E-state index in [9.17, 15) is 4.79 Å². The lowest BCUT2D eigenvalue weighted by atomic mass is 10.2. The summed E-state index contributed by atoms with van der Waals surface area (Å²) in [6.07, 6.45) is 0.644. The monoisotopic (exact) mass is 345 g/mol. The molecule has 1 unspecified atom stereocenters. The minimum atomic E-state index is 0.218. The minimum Gasteiger partial charge on any atom is -0.311 e. The highest BCUT2D eigenvalue weighted by molar-refractivity contribution is 9.10. The summed E-state index contributed by atoms with van der Waals surface area (Å²) < 4.78 is 1.03. The Morgan fingerprint density at radius 1 is 1.50 bits per heavy atom. The van der Waals surface area contributed by atoms with E-state index >= 15 is 0 Å². The average molecular weight is 347 g/mol. The van der Waals surface area contributed by atoms with Gasteiger partial charge >= 0.3 is 0 Å². The van der Waals surface area contributed by atoms with Gasteiger partial charge in [-0.2, -0.15) is 0 Å². The van der Waals surface area contributed by atoms with Crippen molar-refractivity contribution in [3.05, 3.63) is 28.2 Å². The molecule has 2 rings (SSSR count). The number of carbonyl (C=O) groups is 1. The van der Waals surface area contributed by atoms with Crippen molar-refractivity contribution < 1.29 is 4.79 Å². The summed E-state index contributed by atoms with van der Waals surface area (Å²) in [4.78, 5) is 13.8. The van der Waals surface area contributed by atoms with Crippen LogP contribution in [0.15, 0.2) is 22.7 Å². The van der Waals surface area contributed by atoms with Crippen molar-refractivity contribution in [3.8, 4) is 0 Å². The third-order valence-corrected chi connectivity index (χ3v) is 4.83. The molecule has 1 aromatic rings. The molecule has 16 heavy (non-hydrogen) atoms. The number of aryl methyl sites for hydroxylation is 1. The second-order valence-corrected chi connectivity index (χ2v) is 5.58. The van der Waals surface area contributed by atoms with Gasteiger partial charge in [0, 0.05) is 22.8 Å². The number of rotatable bonds is 2. The Morgan fingerprint density at radius 3 is 2.88 bits per heavy atom. The van der Waals surface area contributed by atoms with Crippen molar-refractivity contribution >= 4 is 43.5 Å². The maximum absolute atomic E-state index is 11.9. The Bertz CT molecular complexity index is 419. The van der Waals surface area contributed by atoms with Gasteiger partial charge in [0.25, 0.3) is 0 Å². The Hall–Kier alpha value is -0.350. The first-order valence-corrected chi connectivity index (χ1v) is 7.16. The van der Waals surface area contributed by atoms with Crippen molar-refractivity contribution in [1.82, 2.24) is 0 Å². The van der Waals surface area contributed by atoms with E-state index in [0.717, 1.165) is 27.6 Å². The van der Waals surface area contributed by atoms with Gasteiger partial charge in [-0.25, -0.2) is 0 Å². The number of hydrogen-bond donors (Lipinski definition) is 0. The van der Waals surface area contributed by atoms with Crippen molar-refractivity contribution in [2.24, 2.45) is 5.92 Å². The van der Waals surface area contributed by atoms with Crippen LogP contribution in [-0.4, -0.2) is 17.8 Å². The Balaban J connectivity index is 2.31. The molecule has 1 fully saturated rings. The van der Waals surface area contributed by atoms with Crippen LogP contribution in [0.5, 0.6) is 0 Å². The molecular formula is C12H13Br2NO. The molecule has 1 heterocycles. The number of benzene rings is 1. The van der Waals surface area contributed by atoms with Gasteiger partial charge < -0.3 is 4.90 Å². The molecule has 86 valence electrons. The smallest absolute Gasteiger partial charge is 0.227 e. The van der Waals surface area contributed by atoms with Gasteiger partial charge in [-0.3, -0.25) is 4.79 Å². The van der Waals surface area contributed by atoms with Crippen LogP contribution < -0.4 is 4.90 Å². The van der Waals surface area contributed by atoms with Gasteiger partial charge in [0.05, 0.1) is 5.69 Å². The van der Waals surface area contributed by atoms with E-state index in [1.807, 2.05) is 30.0 Å². The lowest BCUT2D eigenvalue weighted by molar-refractivity contribution is -0.117. The predicted molar refractivity (Wildman–Crippen MR) is 73.1 cm³/mol. The fourth-order valence-corrected chi connectivity index (χ4v) is 2.87. The molecule has 0 saturated carbocycles. The van der Waals surface area contributed by atoms with Crippen LogP contribution in [0.4, 0.5) is 5.69 Å². The maximum Gasteiger partial charge on any atom is 0.227 e. The van der Waals surface area contributed by atoms with Crippen LogP contribution >= 0.6 is 31.9 Å². The van der Waals surface area contributed by atoms with Gasteiger partial charge in [-0.1, -0.05) is 28.1 Å². The summed E-state index contributed by atoms with van der Waals surface area (Å²) in [5.74, 6) is 0.649. The molecule has 0 aromatic heterocycles. The molecule has 1 aliphatic heterocycles. The molecule has 4 heteroatoms. The van der Waals surface area contributed by atoms with Gasteiger partial charge in [0.1, 0.15) is 0 Å². The molecule has 1 saturated heterocycles. The molecule has 0 bridgehead atoms. The number of anilines is 1. The summed E-state index contributed by atoms with van der Waals surface area (Å²) in [6, 6.07) is 6.02. The third-order valence-electron chi connectivity index (χ3n) is 2.89. The molecule has 2 nitrogen and oxygen atoms in total. The summed E-state index contributed by atoms with van der Waals surface area (Å²) in [5, 5.41) is 0.888. The number of carbonyl (C=O) groups excluding carboxylic acids is 1. The van der Waals surface area contributed by atoms with Crippen LogP contribution in [0, 0.1) is 12.8 Å². The van der Waals surface area contributed by atoms with Crippen molar-refractivity contribution in [1.29, 1.82) is 0 Å². The summed E-state index contributed by atoms with van der Waals surface area (Å²) in [5.41, 5.74) is 2.15. The van der Waals surface area contributed by atoms with Gasteiger partial charge in [0.2, 0.25) is 5.91 Å². The summed E-state index contributed by atoms with van der Waals surface area (Å²) in [6.45, 7) is 2.85. The van der Waals surface area contributed by atoms with E-state index in [2.05, 4.69) is 31.9 Å². The van der Waals surface area contributed by atoms with E-state index in [1.54, 1.807) is 0 Å². The van der Waals surface area contributed by atoms with Crippen LogP contribution in [0.1, 0.15) is 12.0 Å². The average Bonchev–Trinajstić information content (AvgIpc) is 2.64. The second kappa shape index (κ2) is 4.88. The molecule has 0 N–H and O–H groups in total. The molecule has 0 radical (unpaired) electrons. The first-order chi connectivity index (χ1) is 7.63. The van der Waals surface area contributed by atoms with Crippen LogP contribution in [-0.2, 0) is 4.79 Å². The topological polar surface area (TPSA) is 20.3 Å². The Labute approximate surface area is 112 Å². The quantitative estimate of drug-likeness (QED) is 0.750. The number of nitrogens with zero attached hydrogens (tertiary/aromatic N) is 1. The standard InChI is InChI=1S/C12H13Br2NO/c1-8-3-2-4-10(12(8)14)15-7-9(6-13)5-11(15)16/h2-4,9H,5-7H2,1H3. The van der Waals surface area contributed by atoms with E-state index in [4.69, 9.17) is 0 Å². The van der Waals surface area contributed by atoms with Crippen molar-refractivity contribution in [3.63, 3.8) is 0 Å². The molecule has 0 spiro atoms. The first kappa shape index (κ1) is 12.1. The molecule has 1 aromatic carbocycles. The Morgan fingerprint density at radius 2 is 2.25 bits per heavy atom. The Kier molecular flexibility index (Phi) is 3.70.